The van der Waals surface area contributed by atoms with Gasteiger partial charge in [-0.2, -0.15) is 11.8 Å². The van der Waals surface area contributed by atoms with Crippen molar-refractivity contribution in [2.75, 3.05) is 11.5 Å². The summed E-state index contributed by atoms with van der Waals surface area (Å²) in [5.41, 5.74) is 0. The predicted molar refractivity (Wildman–Crippen MR) is 120 cm³/mol. The van der Waals surface area contributed by atoms with E-state index >= 15 is 0 Å². The second-order valence-corrected chi connectivity index (χ2v) is 12.7. The van der Waals surface area contributed by atoms with Crippen molar-refractivity contribution in [2.45, 2.75) is 38.4 Å². The summed E-state index contributed by atoms with van der Waals surface area (Å²) in [5, 5.41) is 14.5. The zero-order valence-electron chi connectivity index (χ0n) is 16.6. The maximum atomic E-state index is 11.2. The van der Waals surface area contributed by atoms with E-state index in [1.807, 2.05) is 0 Å². The molecule has 6 heteroatoms. The van der Waals surface area contributed by atoms with Gasteiger partial charge in [0.15, 0.2) is 0 Å². The quantitative estimate of drug-likeness (QED) is 0.437. The number of hydrogen-bond acceptors (Lipinski definition) is 3. The van der Waals surface area contributed by atoms with Gasteiger partial charge in [0.2, 0.25) is 5.91 Å². The molecule has 0 fully saturated rings. The molecule has 0 aliphatic heterocycles. The summed E-state index contributed by atoms with van der Waals surface area (Å²) in [6, 6.07) is 21.9. The van der Waals surface area contributed by atoms with Crippen LogP contribution in [0.5, 0.6) is 0 Å². The van der Waals surface area contributed by atoms with E-state index in [1.165, 1.54) is 17.3 Å². The van der Waals surface area contributed by atoms with Gasteiger partial charge < -0.3 is 10.4 Å². The molecule has 28 heavy (non-hydrogen) atoms. The number of amides is 1. The average Bonchev–Trinajstić information content (AvgIpc) is 2.70. The van der Waals surface area contributed by atoms with Gasteiger partial charge in [-0.3, -0.25) is 4.79 Å². The third kappa shape index (κ3) is 6.53. The van der Waals surface area contributed by atoms with Gasteiger partial charge in [-0.05, 0) is 18.2 Å². The molecule has 0 aliphatic rings. The van der Waals surface area contributed by atoms with Crippen LogP contribution >= 0.6 is 11.8 Å². The van der Waals surface area contributed by atoms with Crippen LogP contribution in [0.4, 0.5) is 0 Å². The van der Waals surface area contributed by atoms with Crippen LogP contribution in [0, 0.1) is 0 Å². The van der Waals surface area contributed by atoms with Crippen LogP contribution in [0.1, 0.15) is 19.8 Å². The Balaban J connectivity index is 1.89. The second-order valence-electron chi connectivity index (χ2n) is 7.19. The van der Waals surface area contributed by atoms with Crippen LogP contribution in [-0.4, -0.2) is 42.6 Å². The summed E-state index contributed by atoms with van der Waals surface area (Å²) in [4.78, 5) is 22.3. The number of nitrogens with one attached hydrogen (secondary N) is 1. The van der Waals surface area contributed by atoms with Crippen molar-refractivity contribution < 1.29 is 14.7 Å². The minimum absolute atomic E-state index is 0.305. The maximum Gasteiger partial charge on any atom is 0.327 e. The fourth-order valence-corrected chi connectivity index (χ4v) is 8.13. The largest absolute Gasteiger partial charge is 0.480 e. The Kier molecular flexibility index (Phi) is 8.79. The average molecular weight is 416 g/mol. The molecule has 0 aromatic heterocycles. The lowest BCUT2D eigenvalue weighted by Crippen LogP contribution is -2.55. The third-order valence-electron chi connectivity index (χ3n) is 5.00. The molecule has 0 saturated heterocycles. The van der Waals surface area contributed by atoms with Gasteiger partial charge in [-0.15, -0.1) is 0 Å². The number of thioether (sulfide) groups is 1. The SMILES string of the molecule is CC(=O)N[C@@H](CSCCCC[Si](C)(c1ccccc1)c1ccccc1)C(=O)O. The Labute approximate surface area is 172 Å². The van der Waals surface area contributed by atoms with E-state index in [0.29, 0.717) is 5.75 Å². The van der Waals surface area contributed by atoms with E-state index in [2.05, 4.69) is 72.5 Å². The van der Waals surface area contributed by atoms with Gasteiger partial charge in [-0.1, -0.05) is 84.0 Å². The van der Waals surface area contributed by atoms with Crippen molar-refractivity contribution in [3.63, 3.8) is 0 Å². The van der Waals surface area contributed by atoms with Crippen molar-refractivity contribution in [1.29, 1.82) is 0 Å². The molecule has 0 saturated carbocycles. The van der Waals surface area contributed by atoms with Crippen molar-refractivity contribution in [2.24, 2.45) is 0 Å². The first-order valence-electron chi connectivity index (χ1n) is 9.62. The fraction of sp³-hybridized carbons (Fsp3) is 0.364. The van der Waals surface area contributed by atoms with Gasteiger partial charge in [-0.25, -0.2) is 4.79 Å². The molecular formula is C22H29NO3SSi. The molecule has 4 nitrogen and oxygen atoms in total. The Morgan fingerprint density at radius 2 is 1.54 bits per heavy atom. The number of carbonyl (C=O) groups is 2. The molecule has 0 bridgehead atoms. The van der Waals surface area contributed by atoms with Crippen molar-refractivity contribution >= 4 is 42.1 Å². The lowest BCUT2D eigenvalue weighted by molar-refractivity contribution is -0.140. The van der Waals surface area contributed by atoms with E-state index in [-0.39, 0.29) is 5.91 Å². The number of carboxylic acid groups (broad SMARTS) is 1. The number of rotatable bonds is 11. The Bertz CT molecular complexity index is 715. The summed E-state index contributed by atoms with van der Waals surface area (Å²) in [7, 11) is -1.78. The standard InChI is InChI=1S/C22H29NO3SSi/c1-18(24)23-21(22(25)26)17-27-15-9-10-16-28(2,19-11-5-3-6-12-19)20-13-7-4-8-14-20/h3-8,11-14,21H,9-10,15-17H2,1-2H3,(H,23,24)(H,25,26)/t21-/m0/s1. The van der Waals surface area contributed by atoms with Gasteiger partial charge >= 0.3 is 5.97 Å². The summed E-state index contributed by atoms with van der Waals surface area (Å²) >= 11 is 1.59. The summed E-state index contributed by atoms with van der Waals surface area (Å²) in [6.45, 7) is 3.78. The minimum Gasteiger partial charge on any atom is -0.480 e. The number of carbonyl (C=O) groups excluding carboxylic acids is 1. The van der Waals surface area contributed by atoms with E-state index in [4.69, 9.17) is 5.11 Å². The summed E-state index contributed by atoms with van der Waals surface area (Å²) in [6.07, 6.45) is 2.15. The van der Waals surface area contributed by atoms with Gasteiger partial charge in [0, 0.05) is 12.7 Å². The van der Waals surface area contributed by atoms with Gasteiger partial charge in [0.25, 0.3) is 0 Å². The highest BCUT2D eigenvalue weighted by Gasteiger charge is 2.30. The Morgan fingerprint density at radius 1 is 1.00 bits per heavy atom. The van der Waals surface area contributed by atoms with Crippen molar-refractivity contribution in [1.82, 2.24) is 5.32 Å². The maximum absolute atomic E-state index is 11.2. The minimum atomic E-state index is -1.78. The first kappa shape index (κ1) is 22.2. The number of carboxylic acids is 1. The first-order chi connectivity index (χ1) is 13.4. The van der Waals surface area contributed by atoms with Crippen molar-refractivity contribution in [3.8, 4) is 0 Å². The topological polar surface area (TPSA) is 66.4 Å². The van der Waals surface area contributed by atoms with Gasteiger partial charge in [0.1, 0.15) is 14.1 Å². The highest BCUT2D eigenvalue weighted by molar-refractivity contribution is 7.99. The fourth-order valence-electron chi connectivity index (χ4n) is 3.37. The molecule has 2 rings (SSSR count). The molecule has 0 spiro atoms. The molecule has 0 radical (unpaired) electrons. The normalized spacial score (nSPS) is 12.4. The summed E-state index contributed by atoms with van der Waals surface area (Å²) < 4.78 is 0. The molecule has 2 N–H and O–H groups in total. The van der Waals surface area contributed by atoms with E-state index < -0.39 is 20.1 Å². The number of hydrogen-bond donors (Lipinski definition) is 2. The Morgan fingerprint density at radius 3 is 2.00 bits per heavy atom. The first-order valence-corrected chi connectivity index (χ1v) is 13.5. The monoisotopic (exact) mass is 415 g/mol. The number of aliphatic carboxylic acids is 1. The summed E-state index contributed by atoms with van der Waals surface area (Å²) in [5.74, 6) is 0.0228. The molecular weight excluding hydrogens is 386 g/mol. The highest BCUT2D eigenvalue weighted by atomic mass is 32.2. The Hall–Kier alpha value is -2.05. The van der Waals surface area contributed by atoms with Crippen LogP contribution in [0.3, 0.4) is 0 Å². The van der Waals surface area contributed by atoms with E-state index in [0.717, 1.165) is 24.6 Å². The lowest BCUT2D eigenvalue weighted by atomic mass is 10.3. The van der Waals surface area contributed by atoms with Crippen LogP contribution in [0.2, 0.25) is 12.6 Å². The second kappa shape index (κ2) is 11.1. The molecule has 1 amide bonds. The van der Waals surface area contributed by atoms with E-state index in [9.17, 15) is 9.59 Å². The van der Waals surface area contributed by atoms with Crippen LogP contribution < -0.4 is 15.7 Å². The molecule has 0 heterocycles. The number of unbranched alkanes of at least 4 members (excludes halogenated alkanes) is 1. The zero-order valence-corrected chi connectivity index (χ0v) is 18.4. The smallest absolute Gasteiger partial charge is 0.327 e. The van der Waals surface area contributed by atoms with Gasteiger partial charge in [0.05, 0.1) is 0 Å². The molecule has 1 atom stereocenters. The molecule has 2 aromatic carbocycles. The third-order valence-corrected chi connectivity index (χ3v) is 10.7. The molecule has 150 valence electrons. The van der Waals surface area contributed by atoms with Crippen LogP contribution in [0.15, 0.2) is 60.7 Å². The van der Waals surface area contributed by atoms with E-state index in [1.54, 1.807) is 11.8 Å². The molecule has 0 unspecified atom stereocenters. The number of benzene rings is 2. The zero-order chi connectivity index (χ0) is 20.4. The highest BCUT2D eigenvalue weighted by Crippen LogP contribution is 2.17. The molecule has 0 aliphatic carbocycles. The predicted octanol–water partition coefficient (Wildman–Crippen LogP) is 2.98. The lowest BCUT2D eigenvalue weighted by Gasteiger charge is -2.29. The van der Waals surface area contributed by atoms with Crippen molar-refractivity contribution in [3.05, 3.63) is 60.7 Å². The van der Waals surface area contributed by atoms with Crippen LogP contribution in [0.25, 0.3) is 0 Å². The van der Waals surface area contributed by atoms with Crippen LogP contribution in [-0.2, 0) is 9.59 Å². The molecule has 2 aromatic rings.